The maximum atomic E-state index is 13.0. The van der Waals surface area contributed by atoms with Gasteiger partial charge in [0.2, 0.25) is 0 Å². The number of rotatable bonds is 3. The molecule has 1 aliphatic carbocycles. The van der Waals surface area contributed by atoms with Crippen molar-refractivity contribution in [3.05, 3.63) is 41.7 Å². The topological polar surface area (TPSA) is 21.3 Å². The van der Waals surface area contributed by atoms with Crippen LogP contribution in [-0.2, 0) is 6.42 Å². The van der Waals surface area contributed by atoms with Crippen LogP contribution in [0, 0.1) is 5.82 Å². The second-order valence-corrected chi connectivity index (χ2v) is 4.74. The van der Waals surface area contributed by atoms with Crippen LogP contribution in [0.1, 0.15) is 18.4 Å². The lowest BCUT2D eigenvalue weighted by molar-refractivity contribution is 0.222. The molecule has 0 fully saturated rings. The fraction of sp³-hybridized carbons (Fsp3) is 0.429. The highest BCUT2D eigenvalue weighted by Gasteiger charge is 2.23. The van der Waals surface area contributed by atoms with E-state index in [1.165, 1.54) is 6.07 Å². The van der Waals surface area contributed by atoms with Crippen LogP contribution in [0.15, 0.2) is 30.4 Å². The van der Waals surface area contributed by atoms with Crippen molar-refractivity contribution in [3.8, 4) is 5.75 Å². The number of ether oxygens (including phenoxy) is 1. The van der Waals surface area contributed by atoms with Gasteiger partial charge < -0.3 is 10.1 Å². The Labute approximate surface area is 100 Å². The molecule has 1 aliphatic heterocycles. The Bertz CT molecular complexity index is 436. The van der Waals surface area contributed by atoms with Crippen LogP contribution in [0.5, 0.6) is 5.75 Å². The zero-order valence-corrected chi connectivity index (χ0v) is 9.66. The molecule has 1 heterocycles. The van der Waals surface area contributed by atoms with Crippen LogP contribution in [0.2, 0.25) is 0 Å². The van der Waals surface area contributed by atoms with Crippen molar-refractivity contribution < 1.29 is 9.13 Å². The molecule has 0 bridgehead atoms. The van der Waals surface area contributed by atoms with Crippen molar-refractivity contribution in [3.63, 3.8) is 0 Å². The van der Waals surface area contributed by atoms with Crippen LogP contribution in [-0.4, -0.2) is 18.7 Å². The molecule has 0 spiro atoms. The fourth-order valence-electron chi connectivity index (χ4n) is 2.48. The quantitative estimate of drug-likeness (QED) is 0.810. The molecule has 1 N–H and O–H groups in total. The number of nitrogens with one attached hydrogen (secondary N) is 1. The average Bonchev–Trinajstić information content (AvgIpc) is 2.94. The zero-order chi connectivity index (χ0) is 11.7. The predicted molar refractivity (Wildman–Crippen MR) is 64.7 cm³/mol. The molecule has 1 unspecified atom stereocenters. The molecule has 90 valence electrons. The van der Waals surface area contributed by atoms with Crippen LogP contribution in [0.25, 0.3) is 0 Å². The van der Waals surface area contributed by atoms with Crippen LogP contribution < -0.4 is 10.1 Å². The highest BCUT2D eigenvalue weighted by Crippen LogP contribution is 2.29. The molecule has 0 radical (unpaired) electrons. The van der Waals surface area contributed by atoms with Gasteiger partial charge in [-0.2, -0.15) is 0 Å². The third kappa shape index (κ3) is 2.34. The smallest absolute Gasteiger partial charge is 0.123 e. The lowest BCUT2D eigenvalue weighted by atomic mass is 10.1. The van der Waals surface area contributed by atoms with Crippen molar-refractivity contribution in [2.75, 3.05) is 6.54 Å². The average molecular weight is 233 g/mol. The molecule has 1 aromatic rings. The molecular formula is C14H16FNO. The van der Waals surface area contributed by atoms with Crippen molar-refractivity contribution in [2.24, 2.45) is 0 Å². The first-order valence-electron chi connectivity index (χ1n) is 6.15. The van der Waals surface area contributed by atoms with Gasteiger partial charge in [-0.05, 0) is 31.0 Å². The van der Waals surface area contributed by atoms with Crippen LogP contribution >= 0.6 is 0 Å². The summed E-state index contributed by atoms with van der Waals surface area (Å²) in [7, 11) is 0. The first kappa shape index (κ1) is 10.8. The van der Waals surface area contributed by atoms with E-state index in [-0.39, 0.29) is 11.9 Å². The number of hydrogen-bond acceptors (Lipinski definition) is 2. The minimum atomic E-state index is -0.180. The predicted octanol–water partition coefficient (Wildman–Crippen LogP) is 2.44. The number of hydrogen-bond donors (Lipinski definition) is 1. The minimum Gasteiger partial charge on any atom is -0.488 e. The Morgan fingerprint density at radius 2 is 2.12 bits per heavy atom. The van der Waals surface area contributed by atoms with Crippen molar-refractivity contribution in [1.82, 2.24) is 5.32 Å². The molecule has 2 aliphatic rings. The van der Waals surface area contributed by atoms with Gasteiger partial charge in [-0.3, -0.25) is 0 Å². The maximum absolute atomic E-state index is 13.0. The van der Waals surface area contributed by atoms with E-state index in [4.69, 9.17) is 4.74 Å². The summed E-state index contributed by atoms with van der Waals surface area (Å²) in [5, 5.41) is 3.49. The van der Waals surface area contributed by atoms with Crippen molar-refractivity contribution in [1.29, 1.82) is 0 Å². The Morgan fingerprint density at radius 3 is 2.94 bits per heavy atom. The molecular weight excluding hydrogens is 217 g/mol. The monoisotopic (exact) mass is 233 g/mol. The highest BCUT2D eigenvalue weighted by molar-refractivity contribution is 5.37. The highest BCUT2D eigenvalue weighted by atomic mass is 19.1. The lowest BCUT2D eigenvalue weighted by Crippen LogP contribution is -2.36. The standard InChI is InChI=1S/C14H16FNO/c15-11-5-6-14-10(7-11)8-13(17-14)9-16-12-3-1-2-4-12/h1-2,5-7,12-13,16H,3-4,8-9H2. The first-order valence-corrected chi connectivity index (χ1v) is 6.15. The normalized spacial score (nSPS) is 22.8. The summed E-state index contributed by atoms with van der Waals surface area (Å²) in [5.74, 6) is 0.656. The van der Waals surface area contributed by atoms with E-state index in [1.54, 1.807) is 12.1 Å². The van der Waals surface area contributed by atoms with Gasteiger partial charge in [0.25, 0.3) is 0 Å². The SMILES string of the molecule is Fc1ccc2c(c1)CC(CNC1CC=CC1)O2. The molecule has 2 nitrogen and oxygen atoms in total. The van der Waals surface area contributed by atoms with Crippen molar-refractivity contribution in [2.45, 2.75) is 31.4 Å². The zero-order valence-electron chi connectivity index (χ0n) is 9.66. The molecule has 1 aromatic carbocycles. The molecule has 0 saturated heterocycles. The van der Waals surface area contributed by atoms with Gasteiger partial charge in [0, 0.05) is 24.6 Å². The van der Waals surface area contributed by atoms with Gasteiger partial charge in [0.05, 0.1) is 0 Å². The van der Waals surface area contributed by atoms with E-state index in [9.17, 15) is 4.39 Å². The van der Waals surface area contributed by atoms with Gasteiger partial charge in [-0.25, -0.2) is 4.39 Å². The van der Waals surface area contributed by atoms with E-state index < -0.39 is 0 Å². The van der Waals surface area contributed by atoms with E-state index in [1.807, 2.05) is 0 Å². The van der Waals surface area contributed by atoms with Gasteiger partial charge in [-0.15, -0.1) is 0 Å². The summed E-state index contributed by atoms with van der Waals surface area (Å²) in [6.45, 7) is 0.836. The second-order valence-electron chi connectivity index (χ2n) is 4.74. The maximum Gasteiger partial charge on any atom is 0.123 e. The Balaban J connectivity index is 1.55. The summed E-state index contributed by atoms with van der Waals surface area (Å²) in [4.78, 5) is 0. The summed E-state index contributed by atoms with van der Waals surface area (Å²) < 4.78 is 18.8. The molecule has 0 aromatic heterocycles. The third-order valence-electron chi connectivity index (χ3n) is 3.41. The number of halogens is 1. The lowest BCUT2D eigenvalue weighted by Gasteiger charge is -2.16. The van der Waals surface area contributed by atoms with E-state index in [0.29, 0.717) is 6.04 Å². The second kappa shape index (κ2) is 4.49. The Hall–Kier alpha value is -1.35. The summed E-state index contributed by atoms with van der Waals surface area (Å²) in [6.07, 6.45) is 7.57. The molecule has 0 saturated carbocycles. The third-order valence-corrected chi connectivity index (χ3v) is 3.41. The first-order chi connectivity index (χ1) is 8.31. The Kier molecular flexibility index (Phi) is 2.85. The van der Waals surface area contributed by atoms with E-state index in [2.05, 4.69) is 17.5 Å². The molecule has 3 heteroatoms. The molecule has 3 rings (SSSR count). The van der Waals surface area contributed by atoms with Crippen LogP contribution in [0.4, 0.5) is 4.39 Å². The summed E-state index contributed by atoms with van der Waals surface area (Å²) in [6, 6.07) is 5.31. The summed E-state index contributed by atoms with van der Waals surface area (Å²) in [5.41, 5.74) is 0.987. The number of benzene rings is 1. The molecule has 17 heavy (non-hydrogen) atoms. The fourth-order valence-corrected chi connectivity index (χ4v) is 2.48. The molecule has 1 atom stereocenters. The van der Waals surface area contributed by atoms with E-state index >= 15 is 0 Å². The van der Waals surface area contributed by atoms with Crippen molar-refractivity contribution >= 4 is 0 Å². The molecule has 0 amide bonds. The number of fused-ring (bicyclic) bond motifs is 1. The Morgan fingerprint density at radius 1 is 1.29 bits per heavy atom. The van der Waals surface area contributed by atoms with E-state index in [0.717, 1.165) is 37.1 Å². The van der Waals surface area contributed by atoms with Crippen LogP contribution in [0.3, 0.4) is 0 Å². The summed E-state index contributed by atoms with van der Waals surface area (Å²) >= 11 is 0. The van der Waals surface area contributed by atoms with Gasteiger partial charge in [0.1, 0.15) is 17.7 Å². The largest absolute Gasteiger partial charge is 0.488 e. The minimum absolute atomic E-state index is 0.146. The van der Waals surface area contributed by atoms with Gasteiger partial charge >= 0.3 is 0 Å². The van der Waals surface area contributed by atoms with Gasteiger partial charge in [0.15, 0.2) is 0 Å². The van der Waals surface area contributed by atoms with Gasteiger partial charge in [-0.1, -0.05) is 12.2 Å².